The first-order chi connectivity index (χ1) is 8.66. The molecule has 0 aromatic heterocycles. The monoisotopic (exact) mass is 271 g/mol. The summed E-state index contributed by atoms with van der Waals surface area (Å²) >= 11 is 0. The maximum absolute atomic E-state index is 11.8. The molecule has 18 heavy (non-hydrogen) atoms. The van der Waals surface area contributed by atoms with Gasteiger partial charge in [0.05, 0.1) is 24.3 Å². The van der Waals surface area contributed by atoms with Crippen molar-refractivity contribution < 1.29 is 17.3 Å². The third-order valence-electron chi connectivity index (χ3n) is 3.55. The van der Waals surface area contributed by atoms with Crippen LogP contribution in [0.4, 0.5) is 0 Å². The third kappa shape index (κ3) is 2.27. The Bertz CT molecular complexity index is 500. The highest BCUT2D eigenvalue weighted by atomic mass is 32.2. The van der Waals surface area contributed by atoms with Crippen LogP contribution in [-0.2, 0) is 19.0 Å². The molecule has 6 heteroatoms. The van der Waals surface area contributed by atoms with E-state index in [4.69, 9.17) is 8.92 Å². The molecule has 0 unspecified atom stereocenters. The van der Waals surface area contributed by atoms with Crippen LogP contribution in [0.25, 0.3) is 0 Å². The Hall–Kier alpha value is -1.01. The summed E-state index contributed by atoms with van der Waals surface area (Å²) in [7, 11) is -3.55. The summed E-state index contributed by atoms with van der Waals surface area (Å²) in [6, 6.07) is 0. The fraction of sp³-hybridized carbons (Fsp3) is 0.667. The first-order valence-electron chi connectivity index (χ1n) is 6.37. The fourth-order valence-corrected chi connectivity index (χ4v) is 3.76. The summed E-state index contributed by atoms with van der Waals surface area (Å²) in [4.78, 5) is 2.10. The van der Waals surface area contributed by atoms with Gasteiger partial charge in [-0.25, -0.2) is 0 Å². The molecular formula is C12H17NO4S. The number of nitrogens with zero attached hydrogens (tertiary/aromatic N) is 1. The first-order valence-corrected chi connectivity index (χ1v) is 7.84. The molecule has 0 aromatic carbocycles. The molecule has 5 nitrogen and oxygen atoms in total. The molecule has 0 bridgehead atoms. The minimum Gasteiger partial charge on any atom is -0.383 e. The van der Waals surface area contributed by atoms with Crippen molar-refractivity contribution in [1.29, 1.82) is 0 Å². The molecule has 100 valence electrons. The normalized spacial score (nSPS) is 27.3. The van der Waals surface area contributed by atoms with Crippen molar-refractivity contribution in [3.8, 4) is 0 Å². The van der Waals surface area contributed by atoms with Crippen molar-refractivity contribution in [2.75, 3.05) is 26.3 Å². The van der Waals surface area contributed by atoms with Crippen molar-refractivity contribution >= 4 is 10.1 Å². The van der Waals surface area contributed by atoms with E-state index < -0.39 is 10.1 Å². The number of morpholine rings is 1. The van der Waals surface area contributed by atoms with Gasteiger partial charge in [-0.2, -0.15) is 8.42 Å². The van der Waals surface area contributed by atoms with Gasteiger partial charge in [-0.3, -0.25) is 0 Å². The third-order valence-corrected chi connectivity index (χ3v) is 4.50. The van der Waals surface area contributed by atoms with Crippen LogP contribution in [-0.4, -0.2) is 39.6 Å². The largest absolute Gasteiger partial charge is 0.383 e. The van der Waals surface area contributed by atoms with Gasteiger partial charge in [0.1, 0.15) is 5.76 Å². The summed E-state index contributed by atoms with van der Waals surface area (Å²) < 4.78 is 34.0. The van der Waals surface area contributed by atoms with Crippen LogP contribution in [0.3, 0.4) is 0 Å². The van der Waals surface area contributed by atoms with Crippen molar-refractivity contribution in [2.24, 2.45) is 0 Å². The standard InChI is InChI=1S/C12H17NO4S/c14-18(15)9-11(13-5-7-16-8-6-13)10-3-1-2-4-12(10)17-18/h9H,1-8H2. The molecule has 0 radical (unpaired) electrons. The average Bonchev–Trinajstić information content (AvgIpc) is 2.38. The molecule has 3 aliphatic rings. The number of hydrogen-bond donors (Lipinski definition) is 0. The summed E-state index contributed by atoms with van der Waals surface area (Å²) in [5.41, 5.74) is 1.91. The quantitative estimate of drug-likeness (QED) is 0.674. The van der Waals surface area contributed by atoms with Gasteiger partial charge in [-0.1, -0.05) is 0 Å². The van der Waals surface area contributed by atoms with Gasteiger partial charge in [-0.15, -0.1) is 0 Å². The Morgan fingerprint density at radius 1 is 1.11 bits per heavy atom. The van der Waals surface area contributed by atoms with Crippen molar-refractivity contribution in [3.63, 3.8) is 0 Å². The second kappa shape index (κ2) is 4.59. The predicted octanol–water partition coefficient (Wildman–Crippen LogP) is 1.35. The van der Waals surface area contributed by atoms with Crippen LogP contribution in [0.5, 0.6) is 0 Å². The molecular weight excluding hydrogens is 254 g/mol. The zero-order valence-corrected chi connectivity index (χ0v) is 11.0. The van der Waals surface area contributed by atoms with Crippen LogP contribution in [0.15, 0.2) is 22.4 Å². The lowest BCUT2D eigenvalue weighted by molar-refractivity contribution is 0.0540. The lowest BCUT2D eigenvalue weighted by Gasteiger charge is -2.35. The van der Waals surface area contributed by atoms with Gasteiger partial charge in [0.15, 0.2) is 0 Å². The van der Waals surface area contributed by atoms with E-state index in [1.807, 2.05) is 0 Å². The van der Waals surface area contributed by atoms with Crippen LogP contribution < -0.4 is 0 Å². The number of rotatable bonds is 1. The van der Waals surface area contributed by atoms with Crippen LogP contribution >= 0.6 is 0 Å². The molecule has 1 saturated heterocycles. The number of allylic oxidation sites excluding steroid dienone is 2. The van der Waals surface area contributed by atoms with Gasteiger partial charge in [0.25, 0.3) is 0 Å². The summed E-state index contributed by atoms with van der Waals surface area (Å²) in [6.07, 6.45) is 3.75. The second-order valence-electron chi connectivity index (χ2n) is 4.79. The van der Waals surface area contributed by atoms with Crippen LogP contribution in [0.2, 0.25) is 0 Å². The van der Waals surface area contributed by atoms with E-state index in [2.05, 4.69) is 4.90 Å². The van der Waals surface area contributed by atoms with E-state index in [1.54, 1.807) is 0 Å². The summed E-state index contributed by atoms with van der Waals surface area (Å²) in [5, 5.41) is 1.28. The summed E-state index contributed by atoms with van der Waals surface area (Å²) in [5.74, 6) is 0.658. The smallest absolute Gasteiger partial charge is 0.334 e. The molecule has 0 saturated carbocycles. The fourth-order valence-electron chi connectivity index (χ4n) is 2.68. The molecule has 1 fully saturated rings. The maximum atomic E-state index is 11.8. The minimum absolute atomic E-state index is 0.654. The lowest BCUT2D eigenvalue weighted by Crippen LogP contribution is -2.38. The van der Waals surface area contributed by atoms with E-state index in [-0.39, 0.29) is 0 Å². The van der Waals surface area contributed by atoms with E-state index in [9.17, 15) is 8.42 Å². The van der Waals surface area contributed by atoms with Gasteiger partial charge in [-0.05, 0) is 19.3 Å². The van der Waals surface area contributed by atoms with E-state index in [1.165, 1.54) is 5.41 Å². The Morgan fingerprint density at radius 2 is 1.83 bits per heavy atom. The van der Waals surface area contributed by atoms with Crippen molar-refractivity contribution in [3.05, 3.63) is 22.4 Å². The van der Waals surface area contributed by atoms with Crippen molar-refractivity contribution in [2.45, 2.75) is 25.7 Å². The first kappa shape index (κ1) is 12.0. The van der Waals surface area contributed by atoms with Crippen LogP contribution in [0.1, 0.15) is 25.7 Å². The molecule has 0 aromatic rings. The number of hydrogen-bond acceptors (Lipinski definition) is 5. The minimum atomic E-state index is -3.55. The molecule has 2 aliphatic heterocycles. The Labute approximate surface area is 107 Å². The van der Waals surface area contributed by atoms with E-state index in [0.29, 0.717) is 19.0 Å². The predicted molar refractivity (Wildman–Crippen MR) is 66.0 cm³/mol. The van der Waals surface area contributed by atoms with Gasteiger partial charge < -0.3 is 13.8 Å². The Kier molecular flexibility index (Phi) is 3.07. The highest BCUT2D eigenvalue weighted by Gasteiger charge is 2.31. The molecule has 0 spiro atoms. The van der Waals surface area contributed by atoms with Crippen molar-refractivity contribution in [1.82, 2.24) is 4.90 Å². The highest BCUT2D eigenvalue weighted by Crippen LogP contribution is 2.37. The zero-order valence-electron chi connectivity index (χ0n) is 10.2. The molecule has 0 N–H and O–H groups in total. The van der Waals surface area contributed by atoms with E-state index >= 15 is 0 Å². The molecule has 1 aliphatic carbocycles. The molecule has 3 rings (SSSR count). The van der Waals surface area contributed by atoms with Gasteiger partial charge >= 0.3 is 10.1 Å². The topological polar surface area (TPSA) is 55.8 Å². The Balaban J connectivity index is 1.97. The zero-order chi connectivity index (χ0) is 12.6. The average molecular weight is 271 g/mol. The van der Waals surface area contributed by atoms with Gasteiger partial charge in [0.2, 0.25) is 0 Å². The van der Waals surface area contributed by atoms with Crippen LogP contribution in [0, 0.1) is 0 Å². The maximum Gasteiger partial charge on any atom is 0.334 e. The van der Waals surface area contributed by atoms with Gasteiger partial charge in [0, 0.05) is 25.1 Å². The highest BCUT2D eigenvalue weighted by molar-refractivity contribution is 7.89. The molecule has 2 heterocycles. The molecule has 0 atom stereocenters. The molecule has 0 amide bonds. The second-order valence-corrected chi connectivity index (χ2v) is 6.18. The SMILES string of the molecule is O=S1(=O)C=C(N2CCOCC2)C2=C(CCCC2)O1. The number of ether oxygens (including phenoxy) is 1. The summed E-state index contributed by atoms with van der Waals surface area (Å²) in [6.45, 7) is 2.80. The lowest BCUT2D eigenvalue weighted by atomic mass is 9.95. The Morgan fingerprint density at radius 3 is 2.61 bits per heavy atom. The van der Waals surface area contributed by atoms with E-state index in [0.717, 1.165) is 50.0 Å².